The van der Waals surface area contributed by atoms with Gasteiger partial charge in [-0.15, -0.1) is 0 Å². The van der Waals surface area contributed by atoms with Crippen LogP contribution in [-0.2, 0) is 6.61 Å². The highest BCUT2D eigenvalue weighted by atomic mass is 16.5. The van der Waals surface area contributed by atoms with Crippen LogP contribution in [0.15, 0.2) is 83.5 Å². The van der Waals surface area contributed by atoms with Crippen LogP contribution in [0, 0.1) is 11.3 Å². The number of nitriles is 1. The molecular weight excluding hydrogens is 368 g/mol. The fourth-order valence-corrected chi connectivity index (χ4v) is 2.79. The van der Waals surface area contributed by atoms with E-state index in [-0.39, 0.29) is 18.3 Å². The monoisotopic (exact) mass is 384 g/mol. The highest BCUT2D eigenvalue weighted by molar-refractivity contribution is 6.03. The number of carbonyl (C=O) groups excluding carboxylic acids is 1. The predicted octanol–water partition coefficient (Wildman–Crippen LogP) is 4.17. The quantitative estimate of drug-likeness (QED) is 0.539. The van der Waals surface area contributed by atoms with Crippen molar-refractivity contribution in [2.24, 2.45) is 0 Å². The Kier molecular flexibility index (Phi) is 5.08. The summed E-state index contributed by atoms with van der Waals surface area (Å²) in [5.74, 6) is 0.717. The molecule has 7 heteroatoms. The molecule has 2 heterocycles. The molecule has 4 aromatic rings. The molecule has 0 aliphatic rings. The van der Waals surface area contributed by atoms with Crippen molar-refractivity contribution in [3.05, 3.63) is 96.2 Å². The Morgan fingerprint density at radius 3 is 2.76 bits per heavy atom. The first-order valence-electron chi connectivity index (χ1n) is 8.85. The Morgan fingerprint density at radius 2 is 1.93 bits per heavy atom. The maximum atomic E-state index is 12.6. The summed E-state index contributed by atoms with van der Waals surface area (Å²) < 4.78 is 12.9. The van der Waals surface area contributed by atoms with Gasteiger partial charge in [0.05, 0.1) is 16.9 Å². The van der Waals surface area contributed by atoms with E-state index in [1.165, 1.54) is 0 Å². The molecule has 2 aromatic heterocycles. The summed E-state index contributed by atoms with van der Waals surface area (Å²) in [6.07, 6.45) is 3.47. The van der Waals surface area contributed by atoms with Gasteiger partial charge < -0.3 is 14.5 Å². The molecule has 142 valence electrons. The summed E-state index contributed by atoms with van der Waals surface area (Å²) >= 11 is 0. The van der Waals surface area contributed by atoms with E-state index in [4.69, 9.17) is 14.4 Å². The van der Waals surface area contributed by atoms with Crippen LogP contribution in [0.3, 0.4) is 0 Å². The number of carbonyl (C=O) groups is 1. The van der Waals surface area contributed by atoms with Gasteiger partial charge in [-0.25, -0.2) is 4.68 Å². The van der Waals surface area contributed by atoms with Crippen LogP contribution in [0.1, 0.15) is 21.9 Å². The van der Waals surface area contributed by atoms with Gasteiger partial charge in [0.2, 0.25) is 0 Å². The number of hydrogen-bond acceptors (Lipinski definition) is 5. The van der Waals surface area contributed by atoms with Crippen molar-refractivity contribution < 1.29 is 13.9 Å². The minimum atomic E-state index is -0.381. The van der Waals surface area contributed by atoms with Gasteiger partial charge in [0, 0.05) is 12.4 Å². The SMILES string of the molecule is N#Cc1ccccc1OCc1ccc(C(=O)Nc2ccccc2-n2cccn2)o1. The lowest BCUT2D eigenvalue weighted by Gasteiger charge is -2.10. The number of benzene rings is 2. The number of hydrogen-bond donors (Lipinski definition) is 1. The van der Waals surface area contributed by atoms with E-state index in [1.54, 1.807) is 59.5 Å². The number of furan rings is 1. The molecule has 7 nitrogen and oxygen atoms in total. The minimum absolute atomic E-state index is 0.107. The second-order valence-electron chi connectivity index (χ2n) is 6.08. The van der Waals surface area contributed by atoms with Crippen LogP contribution in [0.2, 0.25) is 0 Å². The van der Waals surface area contributed by atoms with Crippen molar-refractivity contribution in [1.82, 2.24) is 9.78 Å². The molecule has 0 aliphatic carbocycles. The number of nitrogens with one attached hydrogen (secondary N) is 1. The van der Waals surface area contributed by atoms with Crippen LogP contribution in [-0.4, -0.2) is 15.7 Å². The second kappa shape index (κ2) is 8.15. The van der Waals surface area contributed by atoms with Gasteiger partial charge in [0.15, 0.2) is 5.76 Å². The lowest BCUT2D eigenvalue weighted by atomic mass is 10.2. The Labute approximate surface area is 166 Å². The zero-order chi connectivity index (χ0) is 20.1. The topological polar surface area (TPSA) is 93.1 Å². The third kappa shape index (κ3) is 4.01. The van der Waals surface area contributed by atoms with E-state index in [0.29, 0.717) is 22.8 Å². The Balaban J connectivity index is 1.45. The number of amides is 1. The van der Waals surface area contributed by atoms with Crippen molar-refractivity contribution in [1.29, 1.82) is 5.26 Å². The highest BCUT2D eigenvalue weighted by Crippen LogP contribution is 2.22. The van der Waals surface area contributed by atoms with Gasteiger partial charge in [0.1, 0.15) is 24.2 Å². The average molecular weight is 384 g/mol. The molecule has 4 rings (SSSR count). The lowest BCUT2D eigenvalue weighted by molar-refractivity contribution is 0.0992. The van der Waals surface area contributed by atoms with Crippen molar-refractivity contribution in [2.75, 3.05) is 5.32 Å². The van der Waals surface area contributed by atoms with Crippen LogP contribution >= 0.6 is 0 Å². The minimum Gasteiger partial charge on any atom is -0.484 e. The molecular formula is C22H16N4O3. The van der Waals surface area contributed by atoms with Crippen molar-refractivity contribution >= 4 is 11.6 Å². The smallest absolute Gasteiger partial charge is 0.291 e. The first kappa shape index (κ1) is 18.1. The van der Waals surface area contributed by atoms with E-state index in [2.05, 4.69) is 16.5 Å². The molecule has 1 N–H and O–H groups in total. The van der Waals surface area contributed by atoms with E-state index < -0.39 is 0 Å². The van der Waals surface area contributed by atoms with Gasteiger partial charge in [0.25, 0.3) is 5.91 Å². The van der Waals surface area contributed by atoms with Crippen molar-refractivity contribution in [3.63, 3.8) is 0 Å². The third-order valence-electron chi connectivity index (χ3n) is 4.17. The van der Waals surface area contributed by atoms with Crippen LogP contribution in [0.5, 0.6) is 5.75 Å². The van der Waals surface area contributed by atoms with Gasteiger partial charge in [-0.3, -0.25) is 4.79 Å². The summed E-state index contributed by atoms with van der Waals surface area (Å²) in [4.78, 5) is 12.6. The molecule has 2 aromatic carbocycles. The number of aromatic nitrogens is 2. The molecule has 0 unspecified atom stereocenters. The Bertz CT molecular complexity index is 1170. The summed E-state index contributed by atoms with van der Waals surface area (Å²) in [5.41, 5.74) is 1.79. The van der Waals surface area contributed by atoms with Crippen molar-refractivity contribution in [3.8, 4) is 17.5 Å². The van der Waals surface area contributed by atoms with E-state index in [9.17, 15) is 4.79 Å². The highest BCUT2D eigenvalue weighted by Gasteiger charge is 2.14. The maximum Gasteiger partial charge on any atom is 0.291 e. The number of anilines is 1. The summed E-state index contributed by atoms with van der Waals surface area (Å²) in [6.45, 7) is 0.107. The van der Waals surface area contributed by atoms with Gasteiger partial charge in [-0.1, -0.05) is 24.3 Å². The molecule has 0 fully saturated rings. The molecule has 0 aliphatic heterocycles. The summed E-state index contributed by atoms with van der Waals surface area (Å²) in [6, 6.07) is 21.4. The fourth-order valence-electron chi connectivity index (χ4n) is 2.79. The molecule has 1 amide bonds. The van der Waals surface area contributed by atoms with Crippen LogP contribution < -0.4 is 10.1 Å². The Hall–Kier alpha value is -4.31. The van der Waals surface area contributed by atoms with E-state index in [0.717, 1.165) is 5.69 Å². The zero-order valence-electron chi connectivity index (χ0n) is 15.3. The lowest BCUT2D eigenvalue weighted by Crippen LogP contribution is -2.13. The predicted molar refractivity (Wildman–Crippen MR) is 106 cm³/mol. The molecule has 29 heavy (non-hydrogen) atoms. The van der Waals surface area contributed by atoms with Gasteiger partial charge >= 0.3 is 0 Å². The zero-order valence-corrected chi connectivity index (χ0v) is 15.3. The van der Waals surface area contributed by atoms with Crippen LogP contribution in [0.25, 0.3) is 5.69 Å². The van der Waals surface area contributed by atoms with Gasteiger partial charge in [-0.05, 0) is 42.5 Å². The molecule has 0 radical (unpaired) electrons. The molecule has 0 bridgehead atoms. The fraction of sp³-hybridized carbons (Fsp3) is 0.0455. The maximum absolute atomic E-state index is 12.6. The molecule has 0 saturated heterocycles. The van der Waals surface area contributed by atoms with E-state index in [1.807, 2.05) is 24.3 Å². The largest absolute Gasteiger partial charge is 0.484 e. The van der Waals surface area contributed by atoms with Crippen molar-refractivity contribution in [2.45, 2.75) is 6.61 Å². The number of ether oxygens (including phenoxy) is 1. The number of nitrogens with zero attached hydrogens (tertiary/aromatic N) is 3. The standard InChI is InChI=1S/C22H16N4O3/c23-14-16-6-1-4-9-20(16)28-15-17-10-11-21(29-17)22(27)25-18-7-2-3-8-19(18)26-13-5-12-24-26/h1-13H,15H2,(H,25,27). The first-order valence-corrected chi connectivity index (χ1v) is 8.85. The van der Waals surface area contributed by atoms with E-state index >= 15 is 0 Å². The third-order valence-corrected chi connectivity index (χ3v) is 4.17. The Morgan fingerprint density at radius 1 is 1.10 bits per heavy atom. The molecule has 0 saturated carbocycles. The summed E-state index contributed by atoms with van der Waals surface area (Å²) in [7, 11) is 0. The average Bonchev–Trinajstić information content (AvgIpc) is 3.45. The summed E-state index contributed by atoms with van der Waals surface area (Å²) in [5, 5.41) is 16.2. The van der Waals surface area contributed by atoms with Crippen LogP contribution in [0.4, 0.5) is 5.69 Å². The normalized spacial score (nSPS) is 10.3. The molecule has 0 spiro atoms. The van der Waals surface area contributed by atoms with Gasteiger partial charge in [-0.2, -0.15) is 10.4 Å². The second-order valence-corrected chi connectivity index (χ2v) is 6.08. The molecule has 0 atom stereocenters. The number of para-hydroxylation sites is 3. The first-order chi connectivity index (χ1) is 14.2. The number of rotatable bonds is 6.